The minimum absolute atomic E-state index is 0.0404. The Kier molecular flexibility index (Phi) is 4.12. The number of amides is 1. The number of hydrogen-bond acceptors (Lipinski definition) is 5. The van der Waals surface area contributed by atoms with Crippen LogP contribution in [0.4, 0.5) is 0 Å². The fraction of sp³-hybridized carbons (Fsp3) is 0.385. The van der Waals surface area contributed by atoms with Gasteiger partial charge in [-0.05, 0) is 17.3 Å². The van der Waals surface area contributed by atoms with Gasteiger partial charge in [-0.1, -0.05) is 23.7 Å². The van der Waals surface area contributed by atoms with E-state index in [2.05, 4.69) is 15.4 Å². The first kappa shape index (κ1) is 14.0. The minimum atomic E-state index is -0.0404. The number of aromatic nitrogens is 4. The molecule has 0 unspecified atom stereocenters. The smallest absolute Gasteiger partial charge is 0.246 e. The molecule has 21 heavy (non-hydrogen) atoms. The second-order valence-electron chi connectivity index (χ2n) is 4.62. The number of ether oxygens (including phenoxy) is 1. The third-order valence-electron chi connectivity index (χ3n) is 3.21. The van der Waals surface area contributed by atoms with Crippen LogP contribution in [0.25, 0.3) is 11.4 Å². The summed E-state index contributed by atoms with van der Waals surface area (Å²) in [5, 5.41) is 12.6. The number of tetrazole rings is 1. The first-order chi connectivity index (χ1) is 10.2. The highest BCUT2D eigenvalue weighted by atomic mass is 35.5. The van der Waals surface area contributed by atoms with E-state index in [1.807, 2.05) is 18.2 Å². The molecule has 2 heterocycles. The van der Waals surface area contributed by atoms with E-state index in [9.17, 15) is 4.79 Å². The van der Waals surface area contributed by atoms with E-state index >= 15 is 0 Å². The van der Waals surface area contributed by atoms with Crippen molar-refractivity contribution in [2.45, 2.75) is 6.54 Å². The SMILES string of the molecule is O=C(Cn1nnc(-c2ccccc2Cl)n1)N1CCOCC1. The molecule has 1 amide bonds. The molecule has 1 fully saturated rings. The molecule has 0 N–H and O–H groups in total. The van der Waals surface area contributed by atoms with Gasteiger partial charge in [0.1, 0.15) is 6.54 Å². The number of hydrogen-bond donors (Lipinski definition) is 0. The van der Waals surface area contributed by atoms with Gasteiger partial charge >= 0.3 is 0 Å². The van der Waals surface area contributed by atoms with Gasteiger partial charge < -0.3 is 9.64 Å². The Morgan fingerprint density at radius 3 is 2.81 bits per heavy atom. The molecule has 8 heteroatoms. The lowest BCUT2D eigenvalue weighted by Crippen LogP contribution is -2.42. The van der Waals surface area contributed by atoms with E-state index in [-0.39, 0.29) is 12.5 Å². The molecule has 3 rings (SSSR count). The summed E-state index contributed by atoms with van der Waals surface area (Å²) >= 11 is 6.09. The van der Waals surface area contributed by atoms with Crippen LogP contribution >= 0.6 is 11.6 Å². The molecule has 0 spiro atoms. The normalized spacial score (nSPS) is 15.2. The van der Waals surface area contributed by atoms with Crippen molar-refractivity contribution >= 4 is 17.5 Å². The first-order valence-corrected chi connectivity index (χ1v) is 7.00. The quantitative estimate of drug-likeness (QED) is 0.840. The average molecular weight is 308 g/mol. The molecule has 0 atom stereocenters. The summed E-state index contributed by atoms with van der Waals surface area (Å²) in [7, 11) is 0. The fourth-order valence-electron chi connectivity index (χ4n) is 2.09. The molecule has 0 radical (unpaired) electrons. The van der Waals surface area contributed by atoms with Crippen molar-refractivity contribution in [2.75, 3.05) is 26.3 Å². The Labute approximate surface area is 126 Å². The van der Waals surface area contributed by atoms with Crippen molar-refractivity contribution in [3.8, 4) is 11.4 Å². The summed E-state index contributed by atoms with van der Waals surface area (Å²) in [4.78, 5) is 15.1. The zero-order valence-electron chi connectivity index (χ0n) is 11.3. The summed E-state index contributed by atoms with van der Waals surface area (Å²) in [6.07, 6.45) is 0. The van der Waals surface area contributed by atoms with E-state index in [4.69, 9.17) is 16.3 Å². The summed E-state index contributed by atoms with van der Waals surface area (Å²) in [6.45, 7) is 2.41. The van der Waals surface area contributed by atoms with Gasteiger partial charge in [0, 0.05) is 18.7 Å². The Bertz CT molecular complexity index is 639. The van der Waals surface area contributed by atoms with Crippen LogP contribution in [-0.2, 0) is 16.1 Å². The fourth-order valence-corrected chi connectivity index (χ4v) is 2.31. The van der Waals surface area contributed by atoms with Crippen molar-refractivity contribution in [2.24, 2.45) is 0 Å². The van der Waals surface area contributed by atoms with Crippen molar-refractivity contribution in [3.63, 3.8) is 0 Å². The van der Waals surface area contributed by atoms with E-state index in [0.29, 0.717) is 42.7 Å². The number of carbonyl (C=O) groups excluding carboxylic acids is 1. The predicted octanol–water partition coefficient (Wildman–Crippen LogP) is 0.852. The third kappa shape index (κ3) is 3.20. The summed E-state index contributed by atoms with van der Waals surface area (Å²) in [5.41, 5.74) is 0.698. The molecule has 1 aliphatic rings. The molecule has 110 valence electrons. The Hall–Kier alpha value is -1.99. The van der Waals surface area contributed by atoms with Gasteiger partial charge in [-0.15, -0.1) is 10.2 Å². The van der Waals surface area contributed by atoms with Crippen LogP contribution in [0.2, 0.25) is 5.02 Å². The van der Waals surface area contributed by atoms with Gasteiger partial charge in [0.25, 0.3) is 0 Å². The highest BCUT2D eigenvalue weighted by molar-refractivity contribution is 6.33. The Morgan fingerprint density at radius 2 is 2.05 bits per heavy atom. The minimum Gasteiger partial charge on any atom is -0.378 e. The molecule has 1 aromatic carbocycles. The Balaban J connectivity index is 1.70. The van der Waals surface area contributed by atoms with Crippen molar-refractivity contribution in [3.05, 3.63) is 29.3 Å². The van der Waals surface area contributed by atoms with E-state index < -0.39 is 0 Å². The van der Waals surface area contributed by atoms with E-state index in [0.717, 1.165) is 0 Å². The topological polar surface area (TPSA) is 73.1 Å². The summed E-state index contributed by atoms with van der Waals surface area (Å²) in [5.74, 6) is 0.372. The van der Waals surface area contributed by atoms with Crippen LogP contribution in [0.5, 0.6) is 0 Å². The molecule has 1 aromatic heterocycles. The van der Waals surface area contributed by atoms with Gasteiger partial charge in [0.05, 0.1) is 18.2 Å². The van der Waals surface area contributed by atoms with Crippen LogP contribution in [0.15, 0.2) is 24.3 Å². The molecule has 2 aromatic rings. The maximum atomic E-state index is 12.1. The van der Waals surface area contributed by atoms with Crippen molar-refractivity contribution in [1.82, 2.24) is 25.1 Å². The van der Waals surface area contributed by atoms with Gasteiger partial charge in [0.15, 0.2) is 0 Å². The number of nitrogens with zero attached hydrogens (tertiary/aromatic N) is 5. The standard InChI is InChI=1S/C13H14ClN5O2/c14-11-4-2-1-3-10(11)13-15-17-19(16-13)9-12(20)18-5-7-21-8-6-18/h1-4H,5-9H2. The number of morpholine rings is 1. The lowest BCUT2D eigenvalue weighted by molar-refractivity contribution is -0.136. The van der Waals surface area contributed by atoms with Crippen LogP contribution in [0, 0.1) is 0 Å². The molecule has 1 aliphatic heterocycles. The average Bonchev–Trinajstić information content (AvgIpc) is 2.97. The van der Waals surface area contributed by atoms with Crippen LogP contribution in [-0.4, -0.2) is 57.3 Å². The number of benzene rings is 1. The van der Waals surface area contributed by atoms with Gasteiger partial charge in [-0.25, -0.2) is 0 Å². The molecule has 1 saturated heterocycles. The number of halogens is 1. The lowest BCUT2D eigenvalue weighted by Gasteiger charge is -2.26. The highest BCUT2D eigenvalue weighted by Gasteiger charge is 2.18. The zero-order valence-corrected chi connectivity index (χ0v) is 12.0. The number of rotatable bonds is 3. The second-order valence-corrected chi connectivity index (χ2v) is 5.02. The van der Waals surface area contributed by atoms with Gasteiger partial charge in [-0.3, -0.25) is 4.79 Å². The largest absolute Gasteiger partial charge is 0.378 e. The molecule has 0 bridgehead atoms. The number of carbonyl (C=O) groups is 1. The molecule has 0 aliphatic carbocycles. The van der Waals surface area contributed by atoms with E-state index in [1.165, 1.54) is 4.80 Å². The van der Waals surface area contributed by atoms with Crippen LogP contribution in [0.1, 0.15) is 0 Å². The summed E-state index contributed by atoms with van der Waals surface area (Å²) < 4.78 is 5.22. The maximum absolute atomic E-state index is 12.1. The molecule has 7 nitrogen and oxygen atoms in total. The maximum Gasteiger partial charge on any atom is 0.246 e. The molecular formula is C13H14ClN5O2. The van der Waals surface area contributed by atoms with Crippen molar-refractivity contribution in [1.29, 1.82) is 0 Å². The van der Waals surface area contributed by atoms with Crippen molar-refractivity contribution < 1.29 is 9.53 Å². The highest BCUT2D eigenvalue weighted by Crippen LogP contribution is 2.23. The summed E-state index contributed by atoms with van der Waals surface area (Å²) in [6, 6.07) is 7.25. The van der Waals surface area contributed by atoms with E-state index in [1.54, 1.807) is 11.0 Å². The lowest BCUT2D eigenvalue weighted by atomic mass is 10.2. The Morgan fingerprint density at radius 1 is 1.29 bits per heavy atom. The molecular weight excluding hydrogens is 294 g/mol. The third-order valence-corrected chi connectivity index (χ3v) is 3.54. The van der Waals surface area contributed by atoms with Gasteiger partial charge in [0.2, 0.25) is 11.7 Å². The van der Waals surface area contributed by atoms with Gasteiger partial charge in [-0.2, -0.15) is 4.80 Å². The second kappa shape index (κ2) is 6.19. The monoisotopic (exact) mass is 307 g/mol. The van der Waals surface area contributed by atoms with Crippen LogP contribution in [0.3, 0.4) is 0 Å². The molecule has 0 saturated carbocycles. The van der Waals surface area contributed by atoms with Crippen LogP contribution < -0.4 is 0 Å². The zero-order chi connectivity index (χ0) is 14.7. The first-order valence-electron chi connectivity index (χ1n) is 6.62. The predicted molar refractivity (Wildman–Crippen MR) is 75.7 cm³/mol.